The van der Waals surface area contributed by atoms with Crippen molar-refractivity contribution >= 4 is 0 Å². The van der Waals surface area contributed by atoms with Gasteiger partial charge in [0.25, 0.3) is 0 Å². The first kappa shape index (κ1) is 21.7. The maximum atomic E-state index is 10.1. The second-order valence-electron chi connectivity index (χ2n) is 9.03. The highest BCUT2D eigenvalue weighted by atomic mass is 16.5. The van der Waals surface area contributed by atoms with E-state index in [2.05, 4.69) is 17.0 Å². The van der Waals surface area contributed by atoms with Gasteiger partial charge in [-0.1, -0.05) is 36.8 Å². The molecular formula is C28H31NO4. The number of ether oxygens (including phenoxy) is 2. The SMILES string of the molecule is Oc1cccc(C2COc3cc(O)ccc3C2c2ccc(OCCN3CCCCC3)cc2)c1. The molecule has 172 valence electrons. The van der Waals surface area contributed by atoms with E-state index in [1.807, 2.05) is 36.4 Å². The molecule has 0 aromatic heterocycles. The topological polar surface area (TPSA) is 62.2 Å². The van der Waals surface area contributed by atoms with Gasteiger partial charge in [-0.05, 0) is 67.4 Å². The van der Waals surface area contributed by atoms with Gasteiger partial charge in [0.15, 0.2) is 0 Å². The molecule has 5 nitrogen and oxygen atoms in total. The Bertz CT molecular complexity index is 1080. The van der Waals surface area contributed by atoms with Crippen molar-refractivity contribution in [2.75, 3.05) is 32.8 Å². The average molecular weight is 446 g/mol. The van der Waals surface area contributed by atoms with Crippen molar-refractivity contribution in [3.05, 3.63) is 83.4 Å². The Morgan fingerprint density at radius 3 is 2.42 bits per heavy atom. The lowest BCUT2D eigenvalue weighted by Crippen LogP contribution is -2.33. The molecule has 2 heterocycles. The summed E-state index contributed by atoms with van der Waals surface area (Å²) in [6.07, 6.45) is 3.93. The van der Waals surface area contributed by atoms with Crippen molar-refractivity contribution in [2.45, 2.75) is 31.1 Å². The summed E-state index contributed by atoms with van der Waals surface area (Å²) in [5.41, 5.74) is 3.22. The number of phenols is 2. The van der Waals surface area contributed by atoms with E-state index in [-0.39, 0.29) is 23.3 Å². The van der Waals surface area contributed by atoms with Crippen LogP contribution in [-0.2, 0) is 0 Å². The van der Waals surface area contributed by atoms with Gasteiger partial charge in [-0.2, -0.15) is 0 Å². The first-order chi connectivity index (χ1) is 16.2. The first-order valence-corrected chi connectivity index (χ1v) is 11.9. The maximum absolute atomic E-state index is 10.1. The summed E-state index contributed by atoms with van der Waals surface area (Å²) < 4.78 is 12.1. The molecule has 5 heteroatoms. The predicted octanol–water partition coefficient (Wildman–Crippen LogP) is 5.27. The number of likely N-dealkylation sites (tertiary alicyclic amines) is 1. The minimum atomic E-state index is 0.0403. The summed E-state index contributed by atoms with van der Waals surface area (Å²) in [4.78, 5) is 2.48. The van der Waals surface area contributed by atoms with Crippen LogP contribution in [0.15, 0.2) is 66.7 Å². The van der Waals surface area contributed by atoms with Gasteiger partial charge in [0, 0.05) is 30.0 Å². The molecule has 2 aliphatic heterocycles. The summed E-state index contributed by atoms with van der Waals surface area (Å²) in [5.74, 6) is 2.11. The molecule has 0 aliphatic carbocycles. The number of benzene rings is 3. The van der Waals surface area contributed by atoms with Crippen molar-refractivity contribution in [2.24, 2.45) is 0 Å². The highest BCUT2D eigenvalue weighted by Gasteiger charge is 2.33. The minimum Gasteiger partial charge on any atom is -0.508 e. The smallest absolute Gasteiger partial charge is 0.126 e. The van der Waals surface area contributed by atoms with E-state index in [1.54, 1.807) is 18.2 Å². The molecule has 2 N–H and O–H groups in total. The molecule has 2 aliphatic rings. The molecule has 0 saturated carbocycles. The number of rotatable bonds is 6. The van der Waals surface area contributed by atoms with Gasteiger partial charge in [0.05, 0.1) is 6.61 Å². The molecule has 1 fully saturated rings. The highest BCUT2D eigenvalue weighted by molar-refractivity contribution is 5.51. The second-order valence-corrected chi connectivity index (χ2v) is 9.03. The van der Waals surface area contributed by atoms with Crippen molar-refractivity contribution in [3.63, 3.8) is 0 Å². The average Bonchev–Trinajstić information content (AvgIpc) is 2.84. The molecule has 3 aromatic rings. The van der Waals surface area contributed by atoms with Gasteiger partial charge in [-0.15, -0.1) is 0 Å². The summed E-state index contributed by atoms with van der Waals surface area (Å²) in [6, 6.07) is 21.1. The summed E-state index contributed by atoms with van der Waals surface area (Å²) in [7, 11) is 0. The number of hydrogen-bond donors (Lipinski definition) is 2. The molecule has 5 rings (SSSR count). The Kier molecular flexibility index (Phi) is 6.40. The summed E-state index contributed by atoms with van der Waals surface area (Å²) >= 11 is 0. The Morgan fingerprint density at radius 2 is 1.64 bits per heavy atom. The Morgan fingerprint density at radius 1 is 0.848 bits per heavy atom. The van der Waals surface area contributed by atoms with Gasteiger partial charge < -0.3 is 19.7 Å². The third kappa shape index (κ3) is 4.93. The van der Waals surface area contributed by atoms with Crippen LogP contribution in [0.25, 0.3) is 0 Å². The minimum absolute atomic E-state index is 0.0403. The van der Waals surface area contributed by atoms with Gasteiger partial charge in [0.1, 0.15) is 29.6 Å². The van der Waals surface area contributed by atoms with Gasteiger partial charge in [-0.25, -0.2) is 0 Å². The molecule has 0 radical (unpaired) electrons. The van der Waals surface area contributed by atoms with E-state index in [0.717, 1.165) is 29.0 Å². The van der Waals surface area contributed by atoms with E-state index < -0.39 is 0 Å². The van der Waals surface area contributed by atoms with Crippen LogP contribution in [0.1, 0.15) is 47.8 Å². The van der Waals surface area contributed by atoms with Gasteiger partial charge in [0.2, 0.25) is 0 Å². The Labute approximate surface area is 195 Å². The normalized spacial score (nSPS) is 20.6. The number of fused-ring (bicyclic) bond motifs is 1. The largest absolute Gasteiger partial charge is 0.508 e. The molecular weight excluding hydrogens is 414 g/mol. The van der Waals surface area contributed by atoms with Crippen LogP contribution in [-0.4, -0.2) is 48.0 Å². The number of piperidine rings is 1. The zero-order valence-electron chi connectivity index (χ0n) is 18.8. The zero-order valence-corrected chi connectivity index (χ0v) is 18.8. The second kappa shape index (κ2) is 9.75. The summed E-state index contributed by atoms with van der Waals surface area (Å²) in [6.45, 7) is 4.50. The molecule has 2 unspecified atom stereocenters. The van der Waals surface area contributed by atoms with E-state index >= 15 is 0 Å². The van der Waals surface area contributed by atoms with Gasteiger partial charge in [-0.3, -0.25) is 4.90 Å². The van der Waals surface area contributed by atoms with Crippen LogP contribution < -0.4 is 9.47 Å². The molecule has 0 amide bonds. The predicted molar refractivity (Wildman–Crippen MR) is 129 cm³/mol. The fraction of sp³-hybridized carbons (Fsp3) is 0.357. The van der Waals surface area contributed by atoms with Crippen molar-refractivity contribution in [3.8, 4) is 23.0 Å². The number of hydrogen-bond acceptors (Lipinski definition) is 5. The summed E-state index contributed by atoms with van der Waals surface area (Å²) in [5, 5.41) is 20.0. The van der Waals surface area contributed by atoms with Gasteiger partial charge >= 0.3 is 0 Å². The molecule has 3 aromatic carbocycles. The van der Waals surface area contributed by atoms with E-state index in [1.165, 1.54) is 32.4 Å². The molecule has 1 saturated heterocycles. The molecule has 33 heavy (non-hydrogen) atoms. The Hall–Kier alpha value is -3.18. The monoisotopic (exact) mass is 445 g/mol. The highest BCUT2D eigenvalue weighted by Crippen LogP contribution is 2.47. The van der Waals surface area contributed by atoms with Crippen LogP contribution in [0.2, 0.25) is 0 Å². The molecule has 0 bridgehead atoms. The lowest BCUT2D eigenvalue weighted by molar-refractivity contribution is 0.183. The number of aromatic hydroxyl groups is 2. The van der Waals surface area contributed by atoms with Crippen molar-refractivity contribution < 1.29 is 19.7 Å². The van der Waals surface area contributed by atoms with Crippen molar-refractivity contribution in [1.82, 2.24) is 4.90 Å². The Balaban J connectivity index is 1.37. The molecule has 2 atom stereocenters. The lowest BCUT2D eigenvalue weighted by Gasteiger charge is -2.34. The van der Waals surface area contributed by atoms with Crippen LogP contribution >= 0.6 is 0 Å². The van der Waals surface area contributed by atoms with Crippen LogP contribution in [0.3, 0.4) is 0 Å². The van der Waals surface area contributed by atoms with E-state index in [4.69, 9.17) is 9.47 Å². The maximum Gasteiger partial charge on any atom is 0.126 e. The standard InChI is InChI=1S/C28H31NO4/c30-22-6-4-5-21(17-22)26-19-33-27-18-23(31)9-12-25(27)28(26)20-7-10-24(11-8-20)32-16-15-29-13-2-1-3-14-29/h4-12,17-18,26,28,30-31H,1-3,13-16,19H2. The van der Waals surface area contributed by atoms with Crippen LogP contribution in [0.4, 0.5) is 0 Å². The number of nitrogens with zero attached hydrogens (tertiary/aromatic N) is 1. The third-order valence-corrected chi connectivity index (χ3v) is 6.82. The van der Waals surface area contributed by atoms with Crippen LogP contribution in [0, 0.1) is 0 Å². The van der Waals surface area contributed by atoms with E-state index in [0.29, 0.717) is 19.0 Å². The first-order valence-electron chi connectivity index (χ1n) is 11.9. The quantitative estimate of drug-likeness (QED) is 0.541. The van der Waals surface area contributed by atoms with Crippen molar-refractivity contribution in [1.29, 1.82) is 0 Å². The van der Waals surface area contributed by atoms with E-state index in [9.17, 15) is 10.2 Å². The fourth-order valence-corrected chi connectivity index (χ4v) is 5.10. The zero-order chi connectivity index (χ0) is 22.6. The number of phenolic OH excluding ortho intramolecular Hbond substituents is 2. The lowest BCUT2D eigenvalue weighted by atomic mass is 9.76. The third-order valence-electron chi connectivity index (χ3n) is 6.82. The molecule has 0 spiro atoms. The van der Waals surface area contributed by atoms with Crippen LogP contribution in [0.5, 0.6) is 23.0 Å². The fourth-order valence-electron chi connectivity index (χ4n) is 5.10.